The van der Waals surface area contributed by atoms with E-state index in [1.54, 1.807) is 0 Å². The Kier molecular flexibility index (Phi) is 3.20. The first-order valence-corrected chi connectivity index (χ1v) is 4.47. The molecule has 1 aliphatic carbocycles. The molecule has 1 fully saturated rings. The predicted molar refractivity (Wildman–Crippen MR) is 42.8 cm³/mol. The maximum absolute atomic E-state index is 8.89. The van der Waals surface area contributed by atoms with E-state index >= 15 is 0 Å². The summed E-state index contributed by atoms with van der Waals surface area (Å²) >= 11 is 0. The molecule has 1 aliphatic rings. The van der Waals surface area contributed by atoms with Crippen molar-refractivity contribution in [3.63, 3.8) is 0 Å². The van der Waals surface area contributed by atoms with Crippen molar-refractivity contribution in [1.82, 2.24) is 0 Å². The van der Waals surface area contributed by atoms with Crippen LogP contribution in [0, 0.1) is 11.8 Å². The summed E-state index contributed by atoms with van der Waals surface area (Å²) in [5.41, 5.74) is 0. The Balaban J connectivity index is 2.08. The van der Waals surface area contributed by atoms with E-state index in [2.05, 4.69) is 6.92 Å². The highest BCUT2D eigenvalue weighted by atomic mass is 16.3. The summed E-state index contributed by atoms with van der Waals surface area (Å²) in [6.45, 7) is 2.56. The van der Waals surface area contributed by atoms with Crippen molar-refractivity contribution >= 4 is 0 Å². The molecule has 1 saturated carbocycles. The van der Waals surface area contributed by atoms with Crippen LogP contribution in [-0.4, -0.2) is 11.7 Å². The zero-order chi connectivity index (χ0) is 7.40. The second kappa shape index (κ2) is 3.97. The van der Waals surface area contributed by atoms with Crippen LogP contribution >= 0.6 is 0 Å². The molecule has 0 bridgehead atoms. The maximum atomic E-state index is 8.89. The van der Waals surface area contributed by atoms with Gasteiger partial charge in [-0.3, -0.25) is 0 Å². The van der Waals surface area contributed by atoms with Crippen molar-refractivity contribution in [1.29, 1.82) is 0 Å². The fourth-order valence-electron chi connectivity index (χ4n) is 1.57. The Labute approximate surface area is 63.4 Å². The fourth-order valence-corrected chi connectivity index (χ4v) is 1.57. The third-order valence-corrected chi connectivity index (χ3v) is 2.73. The zero-order valence-corrected chi connectivity index (χ0v) is 6.84. The first kappa shape index (κ1) is 8.06. The van der Waals surface area contributed by atoms with Crippen LogP contribution in [0.4, 0.5) is 0 Å². The molecule has 0 aromatic carbocycles. The molecule has 0 aromatic rings. The standard InChI is InChI=1S/C9H18O/c1-2-8(7-10)6-9-4-3-5-9/h8-10H,2-7H2,1H3. The lowest BCUT2D eigenvalue weighted by molar-refractivity contribution is 0.167. The molecule has 1 unspecified atom stereocenters. The molecule has 60 valence electrons. The van der Waals surface area contributed by atoms with Crippen molar-refractivity contribution in [3.05, 3.63) is 0 Å². The maximum Gasteiger partial charge on any atom is 0.0459 e. The largest absolute Gasteiger partial charge is 0.396 e. The summed E-state index contributed by atoms with van der Waals surface area (Å²) in [5, 5.41) is 8.89. The molecule has 1 atom stereocenters. The molecule has 0 amide bonds. The molecule has 0 saturated heterocycles. The summed E-state index contributed by atoms with van der Waals surface area (Å²) in [6.07, 6.45) is 6.67. The van der Waals surface area contributed by atoms with Gasteiger partial charge in [0.2, 0.25) is 0 Å². The second-order valence-corrected chi connectivity index (χ2v) is 3.49. The van der Waals surface area contributed by atoms with Crippen LogP contribution < -0.4 is 0 Å². The third kappa shape index (κ3) is 1.98. The number of hydrogen-bond acceptors (Lipinski definition) is 1. The zero-order valence-electron chi connectivity index (χ0n) is 6.84. The Hall–Kier alpha value is -0.0400. The van der Waals surface area contributed by atoms with Gasteiger partial charge >= 0.3 is 0 Å². The van der Waals surface area contributed by atoms with E-state index in [-0.39, 0.29) is 0 Å². The smallest absolute Gasteiger partial charge is 0.0459 e. The van der Waals surface area contributed by atoms with Gasteiger partial charge in [0, 0.05) is 6.61 Å². The molecular weight excluding hydrogens is 124 g/mol. The van der Waals surface area contributed by atoms with E-state index in [1.807, 2.05) is 0 Å². The molecule has 1 N–H and O–H groups in total. The van der Waals surface area contributed by atoms with E-state index in [0.29, 0.717) is 12.5 Å². The average Bonchev–Trinajstić information content (AvgIpc) is 1.87. The lowest BCUT2D eigenvalue weighted by atomic mass is 9.78. The highest BCUT2D eigenvalue weighted by Crippen LogP contribution is 2.32. The lowest BCUT2D eigenvalue weighted by Crippen LogP contribution is -2.17. The van der Waals surface area contributed by atoms with E-state index in [0.717, 1.165) is 12.3 Å². The predicted octanol–water partition coefficient (Wildman–Crippen LogP) is 2.20. The number of aliphatic hydroxyl groups is 1. The van der Waals surface area contributed by atoms with Crippen LogP contribution in [0.25, 0.3) is 0 Å². The minimum atomic E-state index is 0.396. The first-order valence-electron chi connectivity index (χ1n) is 4.47. The van der Waals surface area contributed by atoms with Gasteiger partial charge in [-0.05, 0) is 18.3 Å². The van der Waals surface area contributed by atoms with E-state index < -0.39 is 0 Å². The van der Waals surface area contributed by atoms with Crippen LogP contribution in [0.2, 0.25) is 0 Å². The van der Waals surface area contributed by atoms with Gasteiger partial charge in [-0.2, -0.15) is 0 Å². The molecule has 1 heteroatoms. The van der Waals surface area contributed by atoms with E-state index in [9.17, 15) is 0 Å². The molecular formula is C9H18O. The van der Waals surface area contributed by atoms with Gasteiger partial charge in [0.05, 0.1) is 0 Å². The molecule has 0 heterocycles. The highest BCUT2D eigenvalue weighted by molar-refractivity contribution is 4.72. The first-order chi connectivity index (χ1) is 4.86. The Morgan fingerprint density at radius 1 is 1.50 bits per heavy atom. The van der Waals surface area contributed by atoms with Crippen LogP contribution in [0.1, 0.15) is 39.0 Å². The summed E-state index contributed by atoms with van der Waals surface area (Å²) < 4.78 is 0. The van der Waals surface area contributed by atoms with Gasteiger partial charge in [-0.15, -0.1) is 0 Å². The number of rotatable bonds is 4. The van der Waals surface area contributed by atoms with Crippen LogP contribution in [0.3, 0.4) is 0 Å². The van der Waals surface area contributed by atoms with Gasteiger partial charge in [-0.1, -0.05) is 32.6 Å². The second-order valence-electron chi connectivity index (χ2n) is 3.49. The van der Waals surface area contributed by atoms with Crippen LogP contribution in [0.5, 0.6) is 0 Å². The SMILES string of the molecule is CCC(CO)CC1CCC1. The quantitative estimate of drug-likeness (QED) is 0.638. The molecule has 0 spiro atoms. The van der Waals surface area contributed by atoms with Crippen LogP contribution in [-0.2, 0) is 0 Å². The summed E-state index contributed by atoms with van der Waals surface area (Å²) in [4.78, 5) is 0. The molecule has 1 nitrogen and oxygen atoms in total. The van der Waals surface area contributed by atoms with E-state index in [4.69, 9.17) is 5.11 Å². The lowest BCUT2D eigenvalue weighted by Gasteiger charge is -2.28. The monoisotopic (exact) mass is 142 g/mol. The normalized spacial score (nSPS) is 22.2. The Bertz CT molecular complexity index is 82.7. The van der Waals surface area contributed by atoms with Crippen molar-refractivity contribution in [2.75, 3.05) is 6.61 Å². The Morgan fingerprint density at radius 2 is 2.20 bits per heavy atom. The topological polar surface area (TPSA) is 20.2 Å². The third-order valence-electron chi connectivity index (χ3n) is 2.73. The van der Waals surface area contributed by atoms with Crippen molar-refractivity contribution in [2.45, 2.75) is 39.0 Å². The van der Waals surface area contributed by atoms with Gasteiger partial charge < -0.3 is 5.11 Å². The Morgan fingerprint density at radius 3 is 2.50 bits per heavy atom. The van der Waals surface area contributed by atoms with Crippen LogP contribution in [0.15, 0.2) is 0 Å². The minimum absolute atomic E-state index is 0.396. The van der Waals surface area contributed by atoms with Gasteiger partial charge in [0.15, 0.2) is 0 Å². The fraction of sp³-hybridized carbons (Fsp3) is 1.00. The molecule has 0 radical (unpaired) electrons. The minimum Gasteiger partial charge on any atom is -0.396 e. The molecule has 10 heavy (non-hydrogen) atoms. The summed E-state index contributed by atoms with van der Waals surface area (Å²) in [6, 6.07) is 0. The van der Waals surface area contributed by atoms with Crippen molar-refractivity contribution in [2.24, 2.45) is 11.8 Å². The highest BCUT2D eigenvalue weighted by Gasteiger charge is 2.20. The van der Waals surface area contributed by atoms with Gasteiger partial charge in [0.1, 0.15) is 0 Å². The average molecular weight is 142 g/mol. The number of hydrogen-bond donors (Lipinski definition) is 1. The van der Waals surface area contributed by atoms with Gasteiger partial charge in [0.25, 0.3) is 0 Å². The molecule has 1 rings (SSSR count). The number of aliphatic hydroxyl groups excluding tert-OH is 1. The molecule has 0 aromatic heterocycles. The summed E-state index contributed by atoms with van der Waals surface area (Å²) in [7, 11) is 0. The summed E-state index contributed by atoms with van der Waals surface area (Å²) in [5.74, 6) is 1.54. The van der Waals surface area contributed by atoms with Gasteiger partial charge in [-0.25, -0.2) is 0 Å². The van der Waals surface area contributed by atoms with Crippen molar-refractivity contribution < 1.29 is 5.11 Å². The van der Waals surface area contributed by atoms with Crippen molar-refractivity contribution in [3.8, 4) is 0 Å². The van der Waals surface area contributed by atoms with E-state index in [1.165, 1.54) is 25.7 Å². The molecule has 0 aliphatic heterocycles.